The Morgan fingerprint density at radius 1 is 1.53 bits per heavy atom. The molecule has 0 saturated carbocycles. The third kappa shape index (κ3) is 2.57. The van der Waals surface area contributed by atoms with Gasteiger partial charge >= 0.3 is 0 Å². The number of aromatic nitrogens is 2. The van der Waals surface area contributed by atoms with Crippen LogP contribution in [0.25, 0.3) is 0 Å². The van der Waals surface area contributed by atoms with Crippen molar-refractivity contribution in [1.82, 2.24) is 10.2 Å². The molecule has 5 nitrogen and oxygen atoms in total. The Balaban J connectivity index is 2.02. The Hall–Kier alpha value is -1.82. The summed E-state index contributed by atoms with van der Waals surface area (Å²) in [5.74, 6) is 1.07. The SMILES string of the molecule is Nc1cccc(OCc2n[nH]c(=S)o2)c1. The maximum Gasteiger partial charge on any atom is 0.284 e. The number of H-pyrrole nitrogens is 1. The molecular formula is C9H9N3O2S. The van der Waals surface area contributed by atoms with E-state index < -0.39 is 0 Å². The topological polar surface area (TPSA) is 77.1 Å². The lowest BCUT2D eigenvalue weighted by atomic mass is 10.3. The monoisotopic (exact) mass is 223 g/mol. The van der Waals surface area contributed by atoms with Gasteiger partial charge in [0.05, 0.1) is 0 Å². The van der Waals surface area contributed by atoms with Gasteiger partial charge in [-0.15, -0.1) is 5.10 Å². The van der Waals surface area contributed by atoms with E-state index in [1.165, 1.54) is 0 Å². The van der Waals surface area contributed by atoms with Gasteiger partial charge in [-0.1, -0.05) is 6.07 Å². The number of nitrogen functional groups attached to an aromatic ring is 1. The van der Waals surface area contributed by atoms with Gasteiger partial charge in [0.15, 0.2) is 6.61 Å². The zero-order valence-electron chi connectivity index (χ0n) is 7.77. The van der Waals surface area contributed by atoms with Gasteiger partial charge in [-0.3, -0.25) is 0 Å². The molecule has 0 spiro atoms. The molecule has 15 heavy (non-hydrogen) atoms. The maximum atomic E-state index is 5.59. The quantitative estimate of drug-likeness (QED) is 0.613. The molecule has 78 valence electrons. The molecule has 0 atom stereocenters. The molecule has 0 bridgehead atoms. The fourth-order valence-electron chi connectivity index (χ4n) is 1.07. The first-order valence-electron chi connectivity index (χ1n) is 4.27. The number of anilines is 1. The number of ether oxygens (including phenoxy) is 1. The van der Waals surface area contributed by atoms with Crippen LogP contribution in [-0.4, -0.2) is 10.2 Å². The maximum absolute atomic E-state index is 5.59. The second-order valence-electron chi connectivity index (χ2n) is 2.87. The van der Waals surface area contributed by atoms with Crippen LogP contribution < -0.4 is 10.5 Å². The minimum atomic E-state index is 0.219. The largest absolute Gasteiger partial charge is 0.484 e. The standard InChI is InChI=1S/C9H9N3O2S/c10-6-2-1-3-7(4-6)13-5-8-11-12-9(15)14-8/h1-4H,5,10H2,(H,12,15). The van der Waals surface area contributed by atoms with Crippen molar-refractivity contribution in [3.05, 3.63) is 35.0 Å². The first-order valence-corrected chi connectivity index (χ1v) is 4.67. The minimum absolute atomic E-state index is 0.219. The normalized spacial score (nSPS) is 10.1. The van der Waals surface area contributed by atoms with E-state index in [-0.39, 0.29) is 11.4 Å². The highest BCUT2D eigenvalue weighted by molar-refractivity contribution is 7.71. The van der Waals surface area contributed by atoms with Crippen LogP contribution in [0.2, 0.25) is 0 Å². The van der Waals surface area contributed by atoms with E-state index in [9.17, 15) is 0 Å². The number of hydrogen-bond acceptors (Lipinski definition) is 5. The Morgan fingerprint density at radius 3 is 3.07 bits per heavy atom. The molecule has 1 heterocycles. The molecule has 0 unspecified atom stereocenters. The summed E-state index contributed by atoms with van der Waals surface area (Å²) >= 11 is 4.72. The molecular weight excluding hydrogens is 214 g/mol. The number of nitrogens with one attached hydrogen (secondary N) is 1. The van der Waals surface area contributed by atoms with Gasteiger partial charge < -0.3 is 14.9 Å². The summed E-state index contributed by atoms with van der Waals surface area (Å²) in [6, 6.07) is 7.12. The van der Waals surface area contributed by atoms with E-state index in [2.05, 4.69) is 10.2 Å². The summed E-state index contributed by atoms with van der Waals surface area (Å²) in [6.07, 6.45) is 0. The van der Waals surface area contributed by atoms with Gasteiger partial charge in [-0.25, -0.2) is 5.10 Å². The van der Waals surface area contributed by atoms with Crippen LogP contribution in [0, 0.1) is 4.84 Å². The van der Waals surface area contributed by atoms with Crippen LogP contribution in [0.1, 0.15) is 5.89 Å². The van der Waals surface area contributed by atoms with Crippen LogP contribution in [0.3, 0.4) is 0 Å². The van der Waals surface area contributed by atoms with E-state index in [1.54, 1.807) is 18.2 Å². The van der Waals surface area contributed by atoms with Crippen molar-refractivity contribution in [3.8, 4) is 5.75 Å². The molecule has 1 aromatic carbocycles. The number of hydrogen-bond donors (Lipinski definition) is 2. The van der Waals surface area contributed by atoms with Crippen LogP contribution >= 0.6 is 12.2 Å². The molecule has 0 radical (unpaired) electrons. The molecule has 6 heteroatoms. The Kier molecular flexibility index (Phi) is 2.68. The first-order chi connectivity index (χ1) is 7.24. The number of benzene rings is 1. The van der Waals surface area contributed by atoms with E-state index in [4.69, 9.17) is 27.1 Å². The molecule has 2 rings (SSSR count). The Morgan fingerprint density at radius 2 is 2.40 bits per heavy atom. The first kappa shape index (κ1) is 9.72. The molecule has 3 N–H and O–H groups in total. The van der Waals surface area contributed by atoms with Gasteiger partial charge in [0.1, 0.15) is 5.75 Å². The second-order valence-corrected chi connectivity index (χ2v) is 3.24. The van der Waals surface area contributed by atoms with Crippen LogP contribution in [0.4, 0.5) is 5.69 Å². The Bertz CT molecular complexity index is 506. The highest BCUT2D eigenvalue weighted by atomic mass is 32.1. The lowest BCUT2D eigenvalue weighted by Gasteiger charge is -2.03. The van der Waals surface area contributed by atoms with E-state index in [0.29, 0.717) is 17.3 Å². The molecule has 2 aromatic rings. The summed E-state index contributed by atoms with van der Waals surface area (Å²) in [7, 11) is 0. The van der Waals surface area contributed by atoms with Gasteiger partial charge in [0.2, 0.25) is 0 Å². The van der Waals surface area contributed by atoms with Crippen molar-refractivity contribution in [2.45, 2.75) is 6.61 Å². The molecule has 0 amide bonds. The third-order valence-electron chi connectivity index (χ3n) is 1.70. The smallest absolute Gasteiger partial charge is 0.284 e. The number of aromatic amines is 1. The van der Waals surface area contributed by atoms with Gasteiger partial charge in [0.25, 0.3) is 10.7 Å². The predicted molar refractivity (Wildman–Crippen MR) is 56.9 cm³/mol. The second kappa shape index (κ2) is 4.14. The van der Waals surface area contributed by atoms with Crippen LogP contribution in [0.5, 0.6) is 5.75 Å². The zero-order chi connectivity index (χ0) is 10.7. The fourth-order valence-corrected chi connectivity index (χ4v) is 1.21. The highest BCUT2D eigenvalue weighted by Gasteiger charge is 2.00. The minimum Gasteiger partial charge on any atom is -0.484 e. The van der Waals surface area contributed by atoms with Crippen molar-refractivity contribution in [1.29, 1.82) is 0 Å². The fraction of sp³-hybridized carbons (Fsp3) is 0.111. The van der Waals surface area contributed by atoms with Gasteiger partial charge in [-0.05, 0) is 24.4 Å². The molecule has 0 saturated heterocycles. The van der Waals surface area contributed by atoms with E-state index in [1.807, 2.05) is 6.07 Å². The number of rotatable bonds is 3. The molecule has 0 aliphatic heterocycles. The Labute approximate surface area is 90.9 Å². The summed E-state index contributed by atoms with van der Waals surface area (Å²) in [5.41, 5.74) is 6.24. The molecule has 1 aromatic heterocycles. The van der Waals surface area contributed by atoms with Gasteiger partial charge in [0, 0.05) is 11.8 Å². The number of nitrogens with zero attached hydrogens (tertiary/aromatic N) is 1. The number of nitrogens with two attached hydrogens (primary N) is 1. The van der Waals surface area contributed by atoms with E-state index >= 15 is 0 Å². The molecule has 0 aliphatic carbocycles. The van der Waals surface area contributed by atoms with Crippen molar-refractivity contribution >= 4 is 17.9 Å². The third-order valence-corrected chi connectivity index (χ3v) is 1.88. The van der Waals surface area contributed by atoms with Crippen molar-refractivity contribution in [2.24, 2.45) is 0 Å². The lowest BCUT2D eigenvalue weighted by Crippen LogP contribution is -1.96. The zero-order valence-corrected chi connectivity index (χ0v) is 8.58. The molecule has 0 fully saturated rings. The summed E-state index contributed by atoms with van der Waals surface area (Å²) < 4.78 is 10.4. The average molecular weight is 223 g/mol. The van der Waals surface area contributed by atoms with Crippen molar-refractivity contribution in [2.75, 3.05) is 5.73 Å². The average Bonchev–Trinajstić information content (AvgIpc) is 2.62. The lowest BCUT2D eigenvalue weighted by molar-refractivity contribution is 0.261. The van der Waals surface area contributed by atoms with Crippen LogP contribution in [-0.2, 0) is 6.61 Å². The predicted octanol–water partition coefficient (Wildman–Crippen LogP) is 1.89. The summed E-state index contributed by atoms with van der Waals surface area (Å²) in [4.78, 5) is 0.237. The van der Waals surface area contributed by atoms with Crippen molar-refractivity contribution in [3.63, 3.8) is 0 Å². The molecule has 0 aliphatic rings. The van der Waals surface area contributed by atoms with Gasteiger partial charge in [-0.2, -0.15) is 0 Å². The van der Waals surface area contributed by atoms with Crippen LogP contribution in [0.15, 0.2) is 28.7 Å². The summed E-state index contributed by atoms with van der Waals surface area (Å²) in [5, 5.41) is 6.31. The van der Waals surface area contributed by atoms with Crippen molar-refractivity contribution < 1.29 is 9.15 Å². The highest BCUT2D eigenvalue weighted by Crippen LogP contribution is 2.15. The summed E-state index contributed by atoms with van der Waals surface area (Å²) in [6.45, 7) is 0.219. The van der Waals surface area contributed by atoms with E-state index in [0.717, 1.165) is 0 Å².